The Hall–Kier alpha value is -1.37. The molecule has 0 aliphatic heterocycles. The Morgan fingerprint density at radius 3 is 2.88 bits per heavy atom. The minimum Gasteiger partial charge on any atom is -0.264 e. The third kappa shape index (κ3) is 2.60. The quantitative estimate of drug-likeness (QED) is 0.741. The fourth-order valence-corrected chi connectivity index (χ4v) is 2.26. The third-order valence-corrected chi connectivity index (χ3v) is 3.07. The van der Waals surface area contributed by atoms with Crippen LogP contribution < -0.4 is 0 Å². The van der Waals surface area contributed by atoms with Crippen molar-refractivity contribution in [2.45, 2.75) is 33.1 Å². The van der Waals surface area contributed by atoms with Crippen LogP contribution in [0, 0.1) is 5.92 Å². The molecule has 1 aromatic carbocycles. The van der Waals surface area contributed by atoms with Crippen LogP contribution in [0.25, 0.3) is 10.8 Å². The fraction of sp³-hybridized carbons (Fsp3) is 0.400. The zero-order valence-electron chi connectivity index (χ0n) is 10.1. The van der Waals surface area contributed by atoms with Crippen LogP contribution in [0.4, 0.5) is 0 Å². The van der Waals surface area contributed by atoms with Crippen LogP contribution in [0.3, 0.4) is 0 Å². The molecule has 0 aliphatic carbocycles. The smallest absolute Gasteiger partial charge is 0.0346 e. The summed E-state index contributed by atoms with van der Waals surface area (Å²) in [7, 11) is 0. The van der Waals surface area contributed by atoms with E-state index in [0.717, 1.165) is 5.92 Å². The maximum Gasteiger partial charge on any atom is 0.0346 e. The van der Waals surface area contributed by atoms with Crippen molar-refractivity contribution in [1.29, 1.82) is 0 Å². The molecule has 0 aliphatic rings. The molecule has 1 unspecified atom stereocenters. The predicted molar refractivity (Wildman–Crippen MR) is 69.5 cm³/mol. The number of pyridine rings is 1. The molecule has 1 heterocycles. The predicted octanol–water partition coefficient (Wildman–Crippen LogP) is 4.21. The van der Waals surface area contributed by atoms with Crippen molar-refractivity contribution in [2.75, 3.05) is 0 Å². The van der Waals surface area contributed by atoms with Crippen LogP contribution in [-0.4, -0.2) is 4.98 Å². The zero-order chi connectivity index (χ0) is 11.4. The van der Waals surface area contributed by atoms with Gasteiger partial charge in [-0.1, -0.05) is 44.9 Å². The molecule has 2 aromatic rings. The Labute approximate surface area is 97.5 Å². The van der Waals surface area contributed by atoms with Crippen molar-refractivity contribution in [3.8, 4) is 0 Å². The number of nitrogens with zero attached hydrogens (tertiary/aromatic N) is 1. The van der Waals surface area contributed by atoms with E-state index in [1.807, 2.05) is 12.4 Å². The van der Waals surface area contributed by atoms with Crippen LogP contribution in [0.15, 0.2) is 36.7 Å². The first-order valence-electron chi connectivity index (χ1n) is 6.12. The molecule has 0 amide bonds. The summed E-state index contributed by atoms with van der Waals surface area (Å²) in [5.41, 5.74) is 1.44. The molecule has 0 saturated carbocycles. The Balaban J connectivity index is 2.19. The fourth-order valence-electron chi connectivity index (χ4n) is 2.26. The highest BCUT2D eigenvalue weighted by molar-refractivity contribution is 5.81. The Kier molecular flexibility index (Phi) is 3.55. The standard InChI is InChI=1S/C15H19N/c1-3-4-12(2)9-13-5-6-15-11-16-8-7-14(15)10-13/h5-8,10-12H,3-4,9H2,1-2H3. The van der Waals surface area contributed by atoms with E-state index >= 15 is 0 Å². The van der Waals surface area contributed by atoms with Crippen LogP contribution >= 0.6 is 0 Å². The first kappa shape index (κ1) is 11.1. The number of hydrogen-bond acceptors (Lipinski definition) is 1. The van der Waals surface area contributed by atoms with Crippen LogP contribution in [0.1, 0.15) is 32.3 Å². The lowest BCUT2D eigenvalue weighted by atomic mass is 9.96. The van der Waals surface area contributed by atoms with Gasteiger partial charge in [-0.05, 0) is 29.4 Å². The Bertz CT molecular complexity index is 462. The maximum absolute atomic E-state index is 4.13. The monoisotopic (exact) mass is 213 g/mol. The minimum absolute atomic E-state index is 0.782. The summed E-state index contributed by atoms with van der Waals surface area (Å²) < 4.78 is 0. The van der Waals surface area contributed by atoms with Gasteiger partial charge in [-0.25, -0.2) is 0 Å². The first-order valence-corrected chi connectivity index (χ1v) is 6.12. The summed E-state index contributed by atoms with van der Waals surface area (Å²) in [6.45, 7) is 4.59. The van der Waals surface area contributed by atoms with Crippen molar-refractivity contribution in [3.63, 3.8) is 0 Å². The lowest BCUT2D eigenvalue weighted by Gasteiger charge is -2.10. The molecular formula is C15H19N. The summed E-state index contributed by atoms with van der Waals surface area (Å²) in [5.74, 6) is 0.782. The van der Waals surface area contributed by atoms with Crippen LogP contribution in [0.2, 0.25) is 0 Å². The van der Waals surface area contributed by atoms with Crippen molar-refractivity contribution >= 4 is 10.8 Å². The molecule has 0 bridgehead atoms. The molecule has 0 fully saturated rings. The number of rotatable bonds is 4. The average Bonchev–Trinajstić information content (AvgIpc) is 2.29. The maximum atomic E-state index is 4.13. The molecule has 0 saturated heterocycles. The number of fused-ring (bicyclic) bond motifs is 1. The highest BCUT2D eigenvalue weighted by Gasteiger charge is 2.03. The van der Waals surface area contributed by atoms with Gasteiger partial charge in [0.05, 0.1) is 0 Å². The van der Waals surface area contributed by atoms with Gasteiger partial charge in [0.15, 0.2) is 0 Å². The summed E-state index contributed by atoms with van der Waals surface area (Å²) >= 11 is 0. The van der Waals surface area contributed by atoms with Gasteiger partial charge in [-0.3, -0.25) is 4.98 Å². The van der Waals surface area contributed by atoms with E-state index in [0.29, 0.717) is 0 Å². The molecule has 16 heavy (non-hydrogen) atoms. The van der Waals surface area contributed by atoms with Gasteiger partial charge in [0.1, 0.15) is 0 Å². The van der Waals surface area contributed by atoms with E-state index in [2.05, 4.69) is 43.1 Å². The topological polar surface area (TPSA) is 12.9 Å². The van der Waals surface area contributed by atoms with E-state index in [4.69, 9.17) is 0 Å². The van der Waals surface area contributed by atoms with Gasteiger partial charge >= 0.3 is 0 Å². The minimum atomic E-state index is 0.782. The van der Waals surface area contributed by atoms with Crippen LogP contribution in [0.5, 0.6) is 0 Å². The SMILES string of the molecule is CCCC(C)Cc1ccc2cnccc2c1. The molecule has 84 valence electrons. The summed E-state index contributed by atoms with van der Waals surface area (Å²) in [6.07, 6.45) is 7.56. The van der Waals surface area contributed by atoms with Gasteiger partial charge < -0.3 is 0 Å². The summed E-state index contributed by atoms with van der Waals surface area (Å²) in [4.78, 5) is 4.13. The van der Waals surface area contributed by atoms with Crippen molar-refractivity contribution in [2.24, 2.45) is 5.92 Å². The molecule has 2 rings (SSSR count). The van der Waals surface area contributed by atoms with Gasteiger partial charge in [0, 0.05) is 17.8 Å². The molecule has 0 N–H and O–H groups in total. The van der Waals surface area contributed by atoms with Gasteiger partial charge in [-0.15, -0.1) is 0 Å². The van der Waals surface area contributed by atoms with E-state index in [1.165, 1.54) is 35.6 Å². The second-order valence-electron chi connectivity index (χ2n) is 4.66. The molecular weight excluding hydrogens is 194 g/mol. The molecule has 1 nitrogen and oxygen atoms in total. The Morgan fingerprint density at radius 2 is 2.06 bits per heavy atom. The number of benzene rings is 1. The number of aromatic nitrogens is 1. The molecule has 1 aromatic heterocycles. The first-order chi connectivity index (χ1) is 7.79. The molecule has 0 radical (unpaired) electrons. The lowest BCUT2D eigenvalue weighted by Crippen LogP contribution is -1.98. The summed E-state index contributed by atoms with van der Waals surface area (Å²) in [6, 6.07) is 8.79. The normalized spacial score (nSPS) is 12.9. The second-order valence-corrected chi connectivity index (χ2v) is 4.66. The van der Waals surface area contributed by atoms with Gasteiger partial charge in [0.2, 0.25) is 0 Å². The van der Waals surface area contributed by atoms with Crippen molar-refractivity contribution in [1.82, 2.24) is 4.98 Å². The van der Waals surface area contributed by atoms with E-state index in [9.17, 15) is 0 Å². The largest absolute Gasteiger partial charge is 0.264 e. The lowest BCUT2D eigenvalue weighted by molar-refractivity contribution is 0.523. The second kappa shape index (κ2) is 5.11. The molecule has 0 spiro atoms. The highest BCUT2D eigenvalue weighted by Crippen LogP contribution is 2.18. The van der Waals surface area contributed by atoms with Crippen molar-refractivity contribution in [3.05, 3.63) is 42.2 Å². The average molecular weight is 213 g/mol. The molecule has 1 heteroatoms. The van der Waals surface area contributed by atoms with Gasteiger partial charge in [0.25, 0.3) is 0 Å². The summed E-state index contributed by atoms with van der Waals surface area (Å²) in [5, 5.41) is 2.53. The van der Waals surface area contributed by atoms with Crippen molar-refractivity contribution < 1.29 is 0 Å². The van der Waals surface area contributed by atoms with Crippen LogP contribution in [-0.2, 0) is 6.42 Å². The zero-order valence-corrected chi connectivity index (χ0v) is 10.1. The third-order valence-electron chi connectivity index (χ3n) is 3.07. The van der Waals surface area contributed by atoms with E-state index in [-0.39, 0.29) is 0 Å². The van der Waals surface area contributed by atoms with E-state index in [1.54, 1.807) is 0 Å². The Morgan fingerprint density at radius 1 is 1.19 bits per heavy atom. The van der Waals surface area contributed by atoms with Gasteiger partial charge in [-0.2, -0.15) is 0 Å². The molecule has 1 atom stereocenters. The highest BCUT2D eigenvalue weighted by atomic mass is 14.6. The van der Waals surface area contributed by atoms with E-state index < -0.39 is 0 Å². The number of hydrogen-bond donors (Lipinski definition) is 0.